The van der Waals surface area contributed by atoms with Crippen LogP contribution in [0.2, 0.25) is 0 Å². The zero-order valence-electron chi connectivity index (χ0n) is 30.0. The van der Waals surface area contributed by atoms with E-state index in [0.29, 0.717) is 32.0 Å². The Hall–Kier alpha value is -2.01. The fraction of sp³-hybridized carbons (Fsp3) is 0.865. The van der Waals surface area contributed by atoms with Gasteiger partial charge in [0.2, 0.25) is 5.91 Å². The lowest BCUT2D eigenvalue weighted by Gasteiger charge is -2.71. The summed E-state index contributed by atoms with van der Waals surface area (Å²) in [4.78, 5) is 38.1. The quantitative estimate of drug-likeness (QED) is 0.152. The molecule has 10 heteroatoms. The van der Waals surface area contributed by atoms with Crippen molar-refractivity contribution in [2.45, 2.75) is 112 Å². The van der Waals surface area contributed by atoms with Crippen LogP contribution in [-0.4, -0.2) is 74.1 Å². The molecule has 0 aromatic heterocycles. The van der Waals surface area contributed by atoms with Gasteiger partial charge in [-0.1, -0.05) is 60.1 Å². The van der Waals surface area contributed by atoms with Gasteiger partial charge in [0.25, 0.3) is 0 Å². The average Bonchev–Trinajstić information content (AvgIpc) is 2.99. The molecule has 47 heavy (non-hydrogen) atoms. The van der Waals surface area contributed by atoms with Gasteiger partial charge in [0.05, 0.1) is 31.8 Å². The largest absolute Gasteiger partial charge is 0.481 e. The first-order valence-corrected chi connectivity index (χ1v) is 18.0. The highest BCUT2D eigenvalue weighted by atomic mass is 16.6. The molecular formula is C37H61N3O7. The molecule has 0 aromatic carbocycles. The summed E-state index contributed by atoms with van der Waals surface area (Å²) in [5.74, 6) is -0.637. The van der Waals surface area contributed by atoms with E-state index in [1.54, 1.807) is 0 Å². The summed E-state index contributed by atoms with van der Waals surface area (Å²) in [5.41, 5.74) is 11.0. The van der Waals surface area contributed by atoms with Crippen LogP contribution in [-0.2, 0) is 28.6 Å². The van der Waals surface area contributed by atoms with Gasteiger partial charge in [0.1, 0.15) is 12.2 Å². The van der Waals surface area contributed by atoms with Crippen LogP contribution < -0.4 is 16.8 Å². The molecule has 1 aliphatic heterocycles. The molecule has 1 heterocycles. The molecule has 1 unspecified atom stereocenters. The first-order valence-electron chi connectivity index (χ1n) is 18.0. The van der Waals surface area contributed by atoms with Crippen molar-refractivity contribution in [1.82, 2.24) is 5.32 Å². The number of ether oxygens (including phenoxy) is 3. The second-order valence-corrected chi connectivity index (χ2v) is 17.1. The van der Waals surface area contributed by atoms with E-state index >= 15 is 0 Å². The molecule has 0 radical (unpaired) electrons. The van der Waals surface area contributed by atoms with Crippen molar-refractivity contribution >= 4 is 17.8 Å². The summed E-state index contributed by atoms with van der Waals surface area (Å²) >= 11 is 0. The fourth-order valence-corrected chi connectivity index (χ4v) is 11.8. The number of fused-ring (bicyclic) bond motifs is 3. The molecule has 10 nitrogen and oxygen atoms in total. The molecular weight excluding hydrogens is 598 g/mol. The highest BCUT2D eigenvalue weighted by Gasteiger charge is 2.72. The van der Waals surface area contributed by atoms with Gasteiger partial charge in [-0.15, -0.1) is 0 Å². The molecule has 5 rings (SSSR count). The van der Waals surface area contributed by atoms with E-state index in [9.17, 15) is 19.5 Å². The SMILES string of the molecule is CC(=O)O[C@@H]1C[C@@]23COC[C@@](C)([C@@H]2CC[C@H]2C3=CC[C@@]3(C)[C@H](C(=O)O)[C@@](C)([C@H](C)C(C)C)CC[C@]23C)[C@H]1OCCNC(=O)C(N)CN. The normalized spacial score (nSPS) is 43.8. The van der Waals surface area contributed by atoms with Gasteiger partial charge in [-0.25, -0.2) is 0 Å². The van der Waals surface area contributed by atoms with E-state index in [2.05, 4.69) is 59.9 Å². The number of allylic oxidation sites excluding steroid dienone is 1. The smallest absolute Gasteiger partial charge is 0.307 e. The number of carboxylic acids is 1. The lowest BCUT2D eigenvalue weighted by Crippen LogP contribution is -2.70. The summed E-state index contributed by atoms with van der Waals surface area (Å²) in [5, 5.41) is 13.7. The van der Waals surface area contributed by atoms with Crippen molar-refractivity contribution in [3.05, 3.63) is 11.6 Å². The zero-order chi connectivity index (χ0) is 34.7. The predicted molar refractivity (Wildman–Crippen MR) is 179 cm³/mol. The van der Waals surface area contributed by atoms with E-state index in [0.717, 1.165) is 25.7 Å². The molecule has 12 atom stereocenters. The van der Waals surface area contributed by atoms with Crippen molar-refractivity contribution in [3.8, 4) is 0 Å². The highest BCUT2D eigenvalue weighted by molar-refractivity contribution is 5.81. The predicted octanol–water partition coefficient (Wildman–Crippen LogP) is 4.29. The van der Waals surface area contributed by atoms with Gasteiger partial charge < -0.3 is 36.1 Å². The van der Waals surface area contributed by atoms with E-state index in [-0.39, 0.29) is 65.6 Å². The maximum Gasteiger partial charge on any atom is 0.307 e. The van der Waals surface area contributed by atoms with Gasteiger partial charge in [-0.05, 0) is 78.4 Å². The number of rotatable bonds is 10. The Bertz CT molecular complexity index is 1270. The lowest BCUT2D eigenvalue weighted by molar-refractivity contribution is -0.266. The van der Waals surface area contributed by atoms with Gasteiger partial charge in [0.15, 0.2) is 0 Å². The third kappa shape index (κ3) is 5.48. The summed E-state index contributed by atoms with van der Waals surface area (Å²) in [6, 6.07) is -0.770. The molecule has 4 aliphatic carbocycles. The third-order valence-electron chi connectivity index (χ3n) is 14.7. The zero-order valence-corrected chi connectivity index (χ0v) is 30.0. The van der Waals surface area contributed by atoms with Gasteiger partial charge >= 0.3 is 11.9 Å². The van der Waals surface area contributed by atoms with Crippen LogP contribution in [0.3, 0.4) is 0 Å². The number of nitrogens with one attached hydrogen (secondary N) is 1. The van der Waals surface area contributed by atoms with Gasteiger partial charge in [-0.3, -0.25) is 14.4 Å². The second kappa shape index (κ2) is 12.7. The Morgan fingerprint density at radius 1 is 1.09 bits per heavy atom. The van der Waals surface area contributed by atoms with E-state index in [1.165, 1.54) is 12.5 Å². The van der Waals surface area contributed by atoms with Gasteiger partial charge in [-0.2, -0.15) is 0 Å². The van der Waals surface area contributed by atoms with E-state index in [4.69, 9.17) is 25.7 Å². The van der Waals surface area contributed by atoms with Crippen LogP contribution in [0.15, 0.2) is 11.6 Å². The Kier molecular flexibility index (Phi) is 9.81. The molecule has 0 spiro atoms. The minimum atomic E-state index is -0.770. The van der Waals surface area contributed by atoms with Crippen LogP contribution in [0.25, 0.3) is 0 Å². The minimum Gasteiger partial charge on any atom is -0.481 e. The summed E-state index contributed by atoms with van der Waals surface area (Å²) in [7, 11) is 0. The van der Waals surface area contributed by atoms with Crippen molar-refractivity contribution in [1.29, 1.82) is 0 Å². The second-order valence-electron chi connectivity index (χ2n) is 17.1. The van der Waals surface area contributed by atoms with Crippen molar-refractivity contribution in [2.24, 2.45) is 68.1 Å². The van der Waals surface area contributed by atoms with E-state index < -0.39 is 41.0 Å². The summed E-state index contributed by atoms with van der Waals surface area (Å²) < 4.78 is 19.1. The molecule has 0 aromatic rings. The molecule has 6 N–H and O–H groups in total. The molecule has 5 aliphatic rings. The number of carboxylic acid groups (broad SMARTS) is 1. The maximum absolute atomic E-state index is 13.3. The van der Waals surface area contributed by atoms with E-state index in [1.807, 2.05) is 0 Å². The molecule has 3 saturated carbocycles. The number of esters is 1. The van der Waals surface area contributed by atoms with Crippen LogP contribution in [0.4, 0.5) is 0 Å². The van der Waals surface area contributed by atoms with Crippen LogP contribution >= 0.6 is 0 Å². The molecule has 266 valence electrons. The third-order valence-corrected chi connectivity index (χ3v) is 14.7. The number of carbonyl (C=O) groups is 3. The number of aliphatic carboxylic acids is 1. The summed E-state index contributed by atoms with van der Waals surface area (Å²) in [6.07, 6.45) is 6.66. The van der Waals surface area contributed by atoms with Gasteiger partial charge in [0, 0.05) is 30.8 Å². The Labute approximate surface area is 281 Å². The van der Waals surface area contributed by atoms with Crippen molar-refractivity contribution in [2.75, 3.05) is 32.9 Å². The first kappa shape index (κ1) is 36.3. The molecule has 2 bridgehead atoms. The number of hydrogen-bond donors (Lipinski definition) is 4. The Morgan fingerprint density at radius 2 is 1.79 bits per heavy atom. The Balaban J connectivity index is 1.50. The van der Waals surface area contributed by atoms with Crippen LogP contribution in [0, 0.1) is 56.7 Å². The summed E-state index contributed by atoms with van der Waals surface area (Å²) in [6.45, 7) is 18.9. The van der Waals surface area contributed by atoms with Crippen molar-refractivity contribution in [3.63, 3.8) is 0 Å². The molecule has 1 amide bonds. The molecule has 1 saturated heterocycles. The van der Waals surface area contributed by atoms with Crippen LogP contribution in [0.1, 0.15) is 93.9 Å². The number of amides is 1. The number of nitrogens with two attached hydrogens (primary N) is 2. The molecule has 4 fully saturated rings. The highest BCUT2D eigenvalue weighted by Crippen LogP contribution is 2.75. The Morgan fingerprint density at radius 3 is 2.40 bits per heavy atom. The first-order chi connectivity index (χ1) is 21.9. The fourth-order valence-electron chi connectivity index (χ4n) is 11.8. The standard InChI is InChI=1S/C37H61N3O7/c1-21(2)22(3)33(5)13-14-35(7)24-9-10-28-34(6)19-45-20-37(28,25(24)11-12-36(35,8)29(33)32(43)44)17-27(47-23(4)41)30(34)46-16-15-40-31(42)26(39)18-38/h11,21-22,24,26-30H,9-10,12-20,38-39H2,1-8H3,(H,40,42)(H,43,44)/t22-,24+,26?,27-,28+,29-,30+,33-,34+,35-,36+,37+/m1/s1. The monoisotopic (exact) mass is 659 g/mol. The topological polar surface area (TPSA) is 163 Å². The lowest BCUT2D eigenvalue weighted by atomic mass is 9.34. The van der Waals surface area contributed by atoms with Crippen molar-refractivity contribution < 1.29 is 33.7 Å². The van der Waals surface area contributed by atoms with Crippen LogP contribution in [0.5, 0.6) is 0 Å². The maximum atomic E-state index is 13.3. The number of carbonyl (C=O) groups excluding carboxylic acids is 2. The minimum absolute atomic E-state index is 0.0609. The number of hydrogen-bond acceptors (Lipinski definition) is 8. The average molecular weight is 660 g/mol.